The Labute approximate surface area is 351 Å². The number of piperidine rings is 2. The maximum absolute atomic E-state index is 12.5. The average molecular weight is 837 g/mol. The topological polar surface area (TPSA) is 204 Å². The average Bonchev–Trinajstić information content (AvgIpc) is 3.25. The summed E-state index contributed by atoms with van der Waals surface area (Å²) in [5.41, 5.74) is 20.9. The van der Waals surface area contributed by atoms with Gasteiger partial charge in [0.15, 0.2) is 0 Å². The van der Waals surface area contributed by atoms with Gasteiger partial charge in [-0.3, -0.25) is 9.59 Å². The Morgan fingerprint density at radius 3 is 1.48 bits per heavy atom. The first kappa shape index (κ1) is 46.3. The van der Waals surface area contributed by atoms with E-state index in [-0.39, 0.29) is 43.0 Å². The molecule has 58 heavy (non-hydrogen) atoms. The van der Waals surface area contributed by atoms with Crippen LogP contribution in [-0.4, -0.2) is 70.5 Å². The summed E-state index contributed by atoms with van der Waals surface area (Å²) in [5, 5.41) is 12.0. The van der Waals surface area contributed by atoms with E-state index in [4.69, 9.17) is 56.4 Å². The van der Waals surface area contributed by atoms with Crippen LogP contribution in [0.25, 0.3) is 0 Å². The fourth-order valence-corrected chi connectivity index (χ4v) is 5.68. The minimum Gasteiger partial charge on any atom is -0.481 e. The van der Waals surface area contributed by atoms with Crippen molar-refractivity contribution in [1.29, 1.82) is 0 Å². The lowest BCUT2D eigenvalue weighted by Crippen LogP contribution is -2.44. The second kappa shape index (κ2) is 27.5. The number of amides is 3. The first-order valence-corrected chi connectivity index (χ1v) is 19.4. The molecule has 15 heteroatoms. The number of aliphatic carboxylic acids is 1. The van der Waals surface area contributed by atoms with Gasteiger partial charge in [0.25, 0.3) is 0 Å². The molecular formula is C43H52Cl2N6O7. The third kappa shape index (κ3) is 17.8. The standard InChI is InChI=1S/C20H23N3O3.C14H17NO4.C6H8N2.C2H2.CH2Cl2/c21-17-10-4-5-11-18(17)22-19(24)16-9-6-12-23(13-16)20(25)26-14-15-7-2-1-3-8-15;16-13(17)12-7-4-8-15(9-12)14(18)19-10-11-5-2-1-3-6-11;7-5-3-1-2-4-6(5)8;1-2;2-1-3/h1-5,7-8,10-11,16H,6,9,12-14,21H2,(H,22,24);1-3,5-6,12H,4,7-10H2,(H,16,17);1-4H,7-8H2;1-2H;1H2/i;;;1D;. The Kier molecular flexibility index (Phi) is 21.9. The van der Waals surface area contributed by atoms with E-state index >= 15 is 0 Å². The van der Waals surface area contributed by atoms with Crippen molar-refractivity contribution in [2.75, 3.05) is 54.0 Å². The highest BCUT2D eigenvalue weighted by Crippen LogP contribution is 2.23. The molecule has 6 rings (SSSR count). The second-order valence-electron chi connectivity index (χ2n) is 12.8. The number of carbonyl (C=O) groups is 4. The Hall–Kier alpha value is -6.10. The molecule has 2 aliphatic heterocycles. The number of carbonyl (C=O) groups excluding carboxylic acids is 3. The number of ether oxygens (including phenoxy) is 2. The van der Waals surface area contributed by atoms with E-state index < -0.39 is 18.0 Å². The molecule has 2 fully saturated rings. The number of hydrogen-bond donors (Lipinski definition) is 5. The third-order valence-corrected chi connectivity index (χ3v) is 8.70. The highest BCUT2D eigenvalue weighted by atomic mass is 35.5. The molecule has 2 heterocycles. The monoisotopic (exact) mass is 835 g/mol. The zero-order chi connectivity index (χ0) is 43.4. The van der Waals surface area contributed by atoms with Gasteiger partial charge in [0.2, 0.25) is 5.91 Å². The molecule has 3 amide bonds. The summed E-state index contributed by atoms with van der Waals surface area (Å²) < 4.78 is 16.3. The van der Waals surface area contributed by atoms with Gasteiger partial charge in [-0.2, -0.15) is 0 Å². The second-order valence-corrected chi connectivity index (χ2v) is 13.6. The Morgan fingerprint density at radius 1 is 0.690 bits per heavy atom. The largest absolute Gasteiger partial charge is 0.481 e. The number of nitrogens with zero attached hydrogens (tertiary/aromatic N) is 2. The summed E-state index contributed by atoms with van der Waals surface area (Å²) in [5.74, 6) is -1.71. The van der Waals surface area contributed by atoms with E-state index in [0.29, 0.717) is 55.2 Å². The van der Waals surface area contributed by atoms with Crippen molar-refractivity contribution in [3.63, 3.8) is 0 Å². The predicted octanol–water partition coefficient (Wildman–Crippen LogP) is 7.90. The molecule has 13 nitrogen and oxygen atoms in total. The quantitative estimate of drug-likeness (QED) is 0.0692. The van der Waals surface area contributed by atoms with Crippen molar-refractivity contribution in [1.82, 2.24) is 9.80 Å². The van der Waals surface area contributed by atoms with E-state index in [0.717, 1.165) is 24.0 Å². The molecule has 0 saturated carbocycles. The Morgan fingerprint density at radius 2 is 1.07 bits per heavy atom. The van der Waals surface area contributed by atoms with Crippen LogP contribution in [0, 0.1) is 24.7 Å². The number of halogens is 2. The third-order valence-electron chi connectivity index (χ3n) is 8.70. The molecule has 8 N–H and O–H groups in total. The van der Waals surface area contributed by atoms with Crippen molar-refractivity contribution >= 4 is 70.0 Å². The first-order valence-electron chi connectivity index (χ1n) is 18.8. The molecule has 2 saturated heterocycles. The SMILES string of the molecule is ClCCl.Nc1ccccc1N.Nc1ccccc1NC(=O)C1CCCN(C(=O)OCc2ccccc2)C1.O=C(O)C1CCCN(C(=O)OCc2ccccc2)C1.[2H]C#C. The van der Waals surface area contributed by atoms with Gasteiger partial charge in [0.1, 0.15) is 14.6 Å². The number of hydrogen-bond acceptors (Lipinski definition) is 9. The predicted molar refractivity (Wildman–Crippen MR) is 231 cm³/mol. The molecule has 0 aliphatic carbocycles. The minimum atomic E-state index is -0.847. The molecule has 0 aromatic heterocycles. The molecular weight excluding hydrogens is 783 g/mol. The molecule has 310 valence electrons. The van der Waals surface area contributed by atoms with Gasteiger partial charge in [-0.1, -0.05) is 84.9 Å². The number of anilines is 4. The van der Waals surface area contributed by atoms with Crippen LogP contribution < -0.4 is 22.5 Å². The van der Waals surface area contributed by atoms with Crippen LogP contribution in [0.2, 0.25) is 0 Å². The Balaban J connectivity index is 0.000000315. The summed E-state index contributed by atoms with van der Waals surface area (Å²) in [4.78, 5) is 50.7. The molecule has 2 atom stereocenters. The number of rotatable bonds is 7. The number of likely N-dealkylation sites (tertiary alicyclic amines) is 2. The van der Waals surface area contributed by atoms with Crippen molar-refractivity contribution in [3.05, 3.63) is 120 Å². The van der Waals surface area contributed by atoms with Crippen LogP contribution in [0.5, 0.6) is 0 Å². The number of terminal acetylenes is 1. The molecule has 4 aromatic rings. The van der Waals surface area contributed by atoms with Crippen molar-refractivity contribution in [2.24, 2.45) is 11.8 Å². The number of carboxylic acids is 1. The lowest BCUT2D eigenvalue weighted by atomic mass is 9.97. The van der Waals surface area contributed by atoms with Crippen LogP contribution in [-0.2, 0) is 32.3 Å². The number of nitrogens with one attached hydrogen (secondary N) is 1. The van der Waals surface area contributed by atoms with Crippen LogP contribution >= 0.6 is 23.2 Å². The zero-order valence-electron chi connectivity index (χ0n) is 33.2. The van der Waals surface area contributed by atoms with Gasteiger partial charge < -0.3 is 46.9 Å². The summed E-state index contributed by atoms with van der Waals surface area (Å²) >= 11 is 9.53. The van der Waals surface area contributed by atoms with Gasteiger partial charge in [-0.05, 0) is 61.1 Å². The smallest absolute Gasteiger partial charge is 0.410 e. The fraction of sp³-hybridized carbons (Fsp3) is 0.302. The maximum atomic E-state index is 12.5. The highest BCUT2D eigenvalue weighted by Gasteiger charge is 2.30. The number of carboxylic acid groups (broad SMARTS) is 1. The summed E-state index contributed by atoms with van der Waals surface area (Å²) in [7, 11) is 0. The van der Waals surface area contributed by atoms with E-state index in [9.17, 15) is 19.2 Å². The molecule has 0 bridgehead atoms. The van der Waals surface area contributed by atoms with Gasteiger partial charge in [-0.25, -0.2) is 9.59 Å². The van der Waals surface area contributed by atoms with Crippen LogP contribution in [0.3, 0.4) is 0 Å². The van der Waals surface area contributed by atoms with Crippen LogP contribution in [0.1, 0.15) is 38.2 Å². The van der Waals surface area contributed by atoms with E-state index in [1.807, 2.05) is 84.9 Å². The number of nitrogen functional groups attached to an aromatic ring is 3. The van der Waals surface area contributed by atoms with Crippen LogP contribution in [0.15, 0.2) is 109 Å². The number of benzene rings is 4. The minimum absolute atomic E-state index is 0.122. The van der Waals surface area contributed by atoms with Gasteiger partial charge in [0, 0.05) is 26.2 Å². The molecule has 4 aromatic carbocycles. The van der Waals surface area contributed by atoms with E-state index in [1.54, 1.807) is 29.2 Å². The summed E-state index contributed by atoms with van der Waals surface area (Å²) in [6.45, 7) is 2.21. The molecule has 2 unspecified atom stereocenters. The van der Waals surface area contributed by atoms with Gasteiger partial charge in [-0.15, -0.1) is 36.0 Å². The summed E-state index contributed by atoms with van der Waals surface area (Å²) in [6, 6.07) is 33.3. The first-order chi connectivity index (χ1) is 28.4. The molecule has 2 aliphatic rings. The number of para-hydroxylation sites is 4. The van der Waals surface area contributed by atoms with E-state index in [1.165, 1.54) is 11.3 Å². The van der Waals surface area contributed by atoms with Crippen molar-refractivity contribution in [2.45, 2.75) is 38.9 Å². The summed E-state index contributed by atoms with van der Waals surface area (Å²) in [6.07, 6.45) is 7.78. The van der Waals surface area contributed by atoms with E-state index in [2.05, 4.69) is 11.7 Å². The zero-order valence-corrected chi connectivity index (χ0v) is 33.7. The van der Waals surface area contributed by atoms with Crippen molar-refractivity contribution in [3.8, 4) is 12.8 Å². The van der Waals surface area contributed by atoms with Gasteiger partial charge in [0.05, 0.1) is 39.9 Å². The normalized spacial score (nSPS) is 15.4. The lowest BCUT2D eigenvalue weighted by molar-refractivity contribution is -0.143. The number of alkyl halides is 2. The Bertz CT molecular complexity index is 1890. The molecule has 0 spiro atoms. The number of nitrogens with two attached hydrogens (primary N) is 3. The highest BCUT2D eigenvalue weighted by molar-refractivity contribution is 6.40. The fourth-order valence-electron chi connectivity index (χ4n) is 5.68. The van der Waals surface area contributed by atoms with Crippen molar-refractivity contribution < 1.29 is 35.1 Å². The maximum Gasteiger partial charge on any atom is 0.410 e. The van der Waals surface area contributed by atoms with Crippen LogP contribution in [0.4, 0.5) is 32.3 Å². The molecule has 0 radical (unpaired) electrons. The van der Waals surface area contributed by atoms with Gasteiger partial charge >= 0.3 is 18.2 Å². The lowest BCUT2D eigenvalue weighted by Gasteiger charge is -2.31.